The molecule has 0 aromatic carbocycles. The Balaban J connectivity index is 3.41. The second kappa shape index (κ2) is 3.01. The summed E-state index contributed by atoms with van der Waals surface area (Å²) in [7, 11) is 0. The molecule has 2 heteroatoms. The number of rotatable bonds is 1. The van der Waals surface area contributed by atoms with Crippen LogP contribution >= 0.6 is 0 Å². The lowest BCUT2D eigenvalue weighted by Crippen LogP contribution is -2.20. The molecule has 0 aliphatic heterocycles. The van der Waals surface area contributed by atoms with Crippen molar-refractivity contribution in [2.24, 2.45) is 4.99 Å². The van der Waals surface area contributed by atoms with E-state index in [0.717, 1.165) is 10.6 Å². The van der Waals surface area contributed by atoms with E-state index in [1.54, 1.807) is 6.20 Å². The number of nitrogens with one attached hydrogen (secondary N) is 1. The van der Waals surface area contributed by atoms with Crippen LogP contribution in [0.2, 0.25) is 0 Å². The quantitative estimate of drug-likeness (QED) is 0.533. The fourth-order valence-corrected chi connectivity index (χ4v) is 0.855. The summed E-state index contributed by atoms with van der Waals surface area (Å²) in [6.07, 6.45) is 5.61. The van der Waals surface area contributed by atoms with Gasteiger partial charge in [-0.25, -0.2) is 0 Å². The van der Waals surface area contributed by atoms with Crippen molar-refractivity contribution in [3.8, 4) is 0 Å². The molecule has 0 radical (unpaired) electrons. The average molecular weight is 134 g/mol. The Morgan fingerprint density at radius 2 is 2.50 bits per heavy atom. The minimum atomic E-state index is 1.08. The Kier molecular flexibility index (Phi) is 2.05. The maximum absolute atomic E-state index is 3.67. The van der Waals surface area contributed by atoms with Crippen molar-refractivity contribution in [2.45, 2.75) is 6.92 Å². The van der Waals surface area contributed by atoms with Crippen LogP contribution in [0.25, 0.3) is 12.3 Å². The highest BCUT2D eigenvalue weighted by Crippen LogP contribution is 1.65. The van der Waals surface area contributed by atoms with Crippen LogP contribution in [0.1, 0.15) is 6.92 Å². The third kappa shape index (κ3) is 1.16. The second-order valence-corrected chi connectivity index (χ2v) is 1.95. The van der Waals surface area contributed by atoms with Crippen LogP contribution in [0.3, 0.4) is 0 Å². The molecule has 1 aromatic heterocycles. The van der Waals surface area contributed by atoms with Gasteiger partial charge in [-0.1, -0.05) is 6.08 Å². The summed E-state index contributed by atoms with van der Waals surface area (Å²) in [6, 6.07) is 1.96. The first-order valence-corrected chi connectivity index (χ1v) is 3.14. The Morgan fingerprint density at radius 1 is 1.70 bits per heavy atom. The van der Waals surface area contributed by atoms with Gasteiger partial charge < -0.3 is 4.98 Å². The molecule has 0 spiro atoms. The molecule has 0 saturated heterocycles. The summed E-state index contributed by atoms with van der Waals surface area (Å²) in [6.45, 7) is 5.36. The molecule has 0 fully saturated rings. The van der Waals surface area contributed by atoms with E-state index in [1.807, 2.05) is 25.3 Å². The Labute approximate surface area is 59.6 Å². The Bertz CT molecular complexity index is 319. The number of hydrogen-bond donors (Lipinski definition) is 1. The van der Waals surface area contributed by atoms with E-state index in [4.69, 9.17) is 0 Å². The van der Waals surface area contributed by atoms with Crippen LogP contribution in [-0.4, -0.2) is 11.7 Å². The molecule has 2 nitrogen and oxygen atoms in total. The number of nitrogens with zero attached hydrogens (tertiary/aromatic N) is 1. The number of aromatic amines is 1. The van der Waals surface area contributed by atoms with Gasteiger partial charge in [0.1, 0.15) is 0 Å². The first-order valence-electron chi connectivity index (χ1n) is 3.14. The van der Waals surface area contributed by atoms with Crippen LogP contribution in [-0.2, 0) is 0 Å². The molecule has 1 N–H and O–H groups in total. The highest BCUT2D eigenvalue weighted by molar-refractivity contribution is 5.37. The zero-order valence-corrected chi connectivity index (χ0v) is 5.96. The zero-order chi connectivity index (χ0) is 7.40. The van der Waals surface area contributed by atoms with Crippen LogP contribution in [0.5, 0.6) is 0 Å². The summed E-state index contributed by atoms with van der Waals surface area (Å²) in [5.41, 5.74) is 0. The third-order valence-corrected chi connectivity index (χ3v) is 1.33. The molecule has 52 valence electrons. The molecule has 1 heterocycles. The Morgan fingerprint density at radius 3 is 3.10 bits per heavy atom. The summed E-state index contributed by atoms with van der Waals surface area (Å²) in [5, 5.41) is 2.17. The zero-order valence-electron chi connectivity index (χ0n) is 5.96. The molecular weight excluding hydrogens is 124 g/mol. The minimum Gasteiger partial charge on any atom is -0.361 e. The topological polar surface area (TPSA) is 28.1 Å². The standard InChI is InChI=1S/C8H10N2/c1-3-8-7(6-9-2)4-5-10-8/h3-6,10H,2H2,1H3/b7-6-,8-3+. The van der Waals surface area contributed by atoms with E-state index in [9.17, 15) is 0 Å². The van der Waals surface area contributed by atoms with E-state index in [-0.39, 0.29) is 0 Å². The molecular formula is C8H10N2. The van der Waals surface area contributed by atoms with Gasteiger partial charge in [0.05, 0.1) is 0 Å². The van der Waals surface area contributed by atoms with Gasteiger partial charge in [-0.15, -0.1) is 0 Å². The molecule has 0 aliphatic rings. The van der Waals surface area contributed by atoms with Gasteiger partial charge in [0.2, 0.25) is 0 Å². The van der Waals surface area contributed by atoms with E-state index < -0.39 is 0 Å². The van der Waals surface area contributed by atoms with E-state index in [2.05, 4.69) is 16.7 Å². The molecule has 0 unspecified atom stereocenters. The molecule has 10 heavy (non-hydrogen) atoms. The summed E-state index contributed by atoms with van der Waals surface area (Å²) in [5.74, 6) is 0. The predicted molar refractivity (Wildman–Crippen MR) is 44.2 cm³/mol. The van der Waals surface area contributed by atoms with E-state index >= 15 is 0 Å². The fourth-order valence-electron chi connectivity index (χ4n) is 0.855. The molecule has 0 aliphatic carbocycles. The SMILES string of the molecule is C=N/C=c1/cc[nH]/c1=C/C. The van der Waals surface area contributed by atoms with E-state index in [0.29, 0.717) is 0 Å². The number of H-pyrrole nitrogens is 1. The number of aromatic nitrogens is 1. The third-order valence-electron chi connectivity index (χ3n) is 1.33. The fraction of sp³-hybridized carbons (Fsp3) is 0.125. The van der Waals surface area contributed by atoms with Crippen LogP contribution < -0.4 is 10.6 Å². The van der Waals surface area contributed by atoms with Crippen molar-refractivity contribution in [2.75, 3.05) is 0 Å². The van der Waals surface area contributed by atoms with Crippen LogP contribution in [0.4, 0.5) is 0 Å². The molecule has 1 aromatic rings. The van der Waals surface area contributed by atoms with Crippen molar-refractivity contribution < 1.29 is 0 Å². The maximum Gasteiger partial charge on any atom is 0.0426 e. The van der Waals surface area contributed by atoms with Gasteiger partial charge >= 0.3 is 0 Å². The highest BCUT2D eigenvalue weighted by Gasteiger charge is 1.80. The lowest BCUT2D eigenvalue weighted by Gasteiger charge is -1.73. The van der Waals surface area contributed by atoms with Gasteiger partial charge in [-0.05, 0) is 19.7 Å². The van der Waals surface area contributed by atoms with Gasteiger partial charge in [0, 0.05) is 23.0 Å². The lowest BCUT2D eigenvalue weighted by atomic mass is 10.4. The van der Waals surface area contributed by atoms with Crippen molar-refractivity contribution in [1.82, 2.24) is 4.98 Å². The second-order valence-electron chi connectivity index (χ2n) is 1.95. The summed E-state index contributed by atoms with van der Waals surface area (Å²) >= 11 is 0. The molecule has 0 saturated carbocycles. The summed E-state index contributed by atoms with van der Waals surface area (Å²) in [4.78, 5) is 6.74. The maximum atomic E-state index is 3.67. The minimum absolute atomic E-state index is 1.08. The van der Waals surface area contributed by atoms with Gasteiger partial charge in [-0.3, -0.25) is 4.99 Å². The number of hydrogen-bond acceptors (Lipinski definition) is 1. The average Bonchev–Trinajstić information content (AvgIpc) is 2.36. The largest absolute Gasteiger partial charge is 0.361 e. The molecule has 0 atom stereocenters. The summed E-state index contributed by atoms with van der Waals surface area (Å²) < 4.78 is 0. The smallest absolute Gasteiger partial charge is 0.0426 e. The first kappa shape index (κ1) is 6.81. The predicted octanol–water partition coefficient (Wildman–Crippen LogP) is 0.254. The van der Waals surface area contributed by atoms with Gasteiger partial charge in [0.15, 0.2) is 0 Å². The van der Waals surface area contributed by atoms with Crippen molar-refractivity contribution in [3.05, 3.63) is 22.8 Å². The Hall–Kier alpha value is -1.31. The van der Waals surface area contributed by atoms with Crippen molar-refractivity contribution in [1.29, 1.82) is 0 Å². The van der Waals surface area contributed by atoms with E-state index in [1.165, 1.54) is 0 Å². The van der Waals surface area contributed by atoms with Crippen molar-refractivity contribution in [3.63, 3.8) is 0 Å². The molecule has 1 rings (SSSR count). The van der Waals surface area contributed by atoms with Crippen LogP contribution in [0.15, 0.2) is 17.3 Å². The monoisotopic (exact) mass is 134 g/mol. The number of aliphatic imine (C=N–C) groups is 1. The molecule has 0 bridgehead atoms. The first-order chi connectivity index (χ1) is 4.88. The van der Waals surface area contributed by atoms with Crippen LogP contribution in [0, 0.1) is 0 Å². The van der Waals surface area contributed by atoms with Gasteiger partial charge in [-0.2, -0.15) is 0 Å². The normalized spacial score (nSPS) is 14.1. The lowest BCUT2D eigenvalue weighted by molar-refractivity contribution is 1.31. The van der Waals surface area contributed by atoms with Crippen molar-refractivity contribution >= 4 is 19.0 Å². The van der Waals surface area contributed by atoms with Gasteiger partial charge in [0.25, 0.3) is 0 Å². The molecule has 0 amide bonds. The highest BCUT2D eigenvalue weighted by atomic mass is 14.7.